The van der Waals surface area contributed by atoms with Gasteiger partial charge in [0.15, 0.2) is 0 Å². The minimum Gasteiger partial charge on any atom is -0.478 e. The number of carboxylic acids is 1. The Morgan fingerprint density at radius 2 is 2.24 bits per heavy atom. The van der Waals surface area contributed by atoms with Crippen LogP contribution in [0.15, 0.2) is 18.2 Å². The lowest BCUT2D eigenvalue weighted by Gasteiger charge is -2.10. The van der Waals surface area contributed by atoms with Crippen molar-refractivity contribution in [2.24, 2.45) is 0 Å². The van der Waals surface area contributed by atoms with Crippen molar-refractivity contribution in [3.05, 3.63) is 29.6 Å². The van der Waals surface area contributed by atoms with Crippen LogP contribution in [0.25, 0.3) is 0 Å². The molecule has 0 fully saturated rings. The van der Waals surface area contributed by atoms with Crippen molar-refractivity contribution in [1.82, 2.24) is 0 Å². The number of benzene rings is 1. The predicted molar refractivity (Wildman–Crippen MR) is 63.0 cm³/mol. The lowest BCUT2D eigenvalue weighted by Crippen LogP contribution is -2.10. The molecule has 2 N–H and O–H groups in total. The van der Waals surface area contributed by atoms with Gasteiger partial charge in [0.05, 0.1) is 11.3 Å². The normalized spacial score (nSPS) is 10.2. The van der Waals surface area contributed by atoms with Crippen molar-refractivity contribution in [2.45, 2.75) is 12.8 Å². The highest BCUT2D eigenvalue weighted by Crippen LogP contribution is 2.19. The van der Waals surface area contributed by atoms with E-state index in [2.05, 4.69) is 5.32 Å². The summed E-state index contributed by atoms with van der Waals surface area (Å²) in [7, 11) is 1.62. The fraction of sp³-hybridized carbons (Fsp3) is 0.417. The number of methoxy groups -OCH3 is 1. The molecule has 0 heterocycles. The van der Waals surface area contributed by atoms with Gasteiger partial charge in [0.25, 0.3) is 0 Å². The van der Waals surface area contributed by atoms with Crippen molar-refractivity contribution in [2.75, 3.05) is 25.6 Å². The first-order valence-electron chi connectivity index (χ1n) is 5.41. The first-order valence-corrected chi connectivity index (χ1v) is 5.41. The van der Waals surface area contributed by atoms with E-state index in [0.717, 1.165) is 12.8 Å². The summed E-state index contributed by atoms with van der Waals surface area (Å²) in [5.41, 5.74) is 0.00848. The summed E-state index contributed by atoms with van der Waals surface area (Å²) in [5, 5.41) is 11.7. The van der Waals surface area contributed by atoms with Gasteiger partial charge in [0.2, 0.25) is 0 Å². The van der Waals surface area contributed by atoms with E-state index < -0.39 is 11.8 Å². The van der Waals surface area contributed by atoms with E-state index in [4.69, 9.17) is 9.84 Å². The van der Waals surface area contributed by atoms with Gasteiger partial charge in [0, 0.05) is 20.3 Å². The number of hydrogen-bond donors (Lipinski definition) is 2. The fourth-order valence-electron chi connectivity index (χ4n) is 1.47. The quantitative estimate of drug-likeness (QED) is 0.719. The number of aromatic carboxylic acids is 1. The fourth-order valence-corrected chi connectivity index (χ4v) is 1.47. The minimum atomic E-state index is -1.14. The average Bonchev–Trinajstić information content (AvgIpc) is 2.30. The SMILES string of the molecule is COCCCCNc1c(F)cccc1C(=O)O. The van der Waals surface area contributed by atoms with Gasteiger partial charge in [-0.1, -0.05) is 6.07 Å². The molecule has 0 aromatic heterocycles. The molecule has 0 atom stereocenters. The van der Waals surface area contributed by atoms with Crippen molar-refractivity contribution in [3.63, 3.8) is 0 Å². The highest BCUT2D eigenvalue weighted by molar-refractivity contribution is 5.94. The lowest BCUT2D eigenvalue weighted by atomic mass is 10.1. The molecule has 0 aliphatic carbocycles. The topological polar surface area (TPSA) is 58.6 Å². The molecule has 0 unspecified atom stereocenters. The number of carboxylic acid groups (broad SMARTS) is 1. The van der Waals surface area contributed by atoms with Gasteiger partial charge in [-0.25, -0.2) is 9.18 Å². The largest absolute Gasteiger partial charge is 0.478 e. The molecule has 0 saturated heterocycles. The molecular formula is C12H16FNO3. The number of rotatable bonds is 7. The molecule has 5 heteroatoms. The molecule has 4 nitrogen and oxygen atoms in total. The van der Waals surface area contributed by atoms with Gasteiger partial charge < -0.3 is 15.2 Å². The van der Waals surface area contributed by atoms with Crippen LogP contribution in [-0.4, -0.2) is 31.3 Å². The summed E-state index contributed by atoms with van der Waals surface area (Å²) in [6.45, 7) is 1.16. The molecule has 0 saturated carbocycles. The first kappa shape index (κ1) is 13.4. The van der Waals surface area contributed by atoms with Crippen LogP contribution >= 0.6 is 0 Å². The molecule has 1 rings (SSSR count). The summed E-state index contributed by atoms with van der Waals surface area (Å²) >= 11 is 0. The number of para-hydroxylation sites is 1. The standard InChI is InChI=1S/C12H16FNO3/c1-17-8-3-2-7-14-11-9(12(15)16)5-4-6-10(11)13/h4-6,14H,2-3,7-8H2,1H3,(H,15,16). The molecule has 0 bridgehead atoms. The Balaban J connectivity index is 2.60. The molecule has 0 radical (unpaired) electrons. The summed E-state index contributed by atoms with van der Waals surface area (Å²) in [4.78, 5) is 10.9. The number of nitrogens with one attached hydrogen (secondary N) is 1. The summed E-state index contributed by atoms with van der Waals surface area (Å²) in [5.74, 6) is -1.68. The van der Waals surface area contributed by atoms with E-state index in [1.165, 1.54) is 18.2 Å². The molecular weight excluding hydrogens is 225 g/mol. The third-order valence-corrected chi connectivity index (χ3v) is 2.32. The summed E-state index contributed by atoms with van der Waals surface area (Å²) in [6.07, 6.45) is 1.64. The van der Waals surface area contributed by atoms with Gasteiger partial charge in [-0.15, -0.1) is 0 Å². The van der Waals surface area contributed by atoms with E-state index in [9.17, 15) is 9.18 Å². The molecule has 0 aliphatic heterocycles. The number of ether oxygens (including phenoxy) is 1. The van der Waals surface area contributed by atoms with Gasteiger partial charge in [-0.3, -0.25) is 0 Å². The van der Waals surface area contributed by atoms with E-state index in [0.29, 0.717) is 13.2 Å². The number of unbranched alkanes of at least 4 members (excludes halogenated alkanes) is 1. The molecule has 17 heavy (non-hydrogen) atoms. The van der Waals surface area contributed by atoms with Gasteiger partial charge >= 0.3 is 5.97 Å². The Kier molecular flexibility index (Phi) is 5.42. The van der Waals surface area contributed by atoms with E-state index in [1.54, 1.807) is 7.11 Å². The number of halogens is 1. The second-order valence-corrected chi connectivity index (χ2v) is 3.59. The zero-order valence-electron chi connectivity index (χ0n) is 9.70. The Labute approximate surface area is 99.4 Å². The Bertz CT molecular complexity index is 382. The van der Waals surface area contributed by atoms with Gasteiger partial charge in [-0.2, -0.15) is 0 Å². The van der Waals surface area contributed by atoms with Crippen LogP contribution in [0.2, 0.25) is 0 Å². The van der Waals surface area contributed by atoms with Crippen molar-refractivity contribution in [1.29, 1.82) is 0 Å². The Morgan fingerprint density at radius 3 is 2.88 bits per heavy atom. The third-order valence-electron chi connectivity index (χ3n) is 2.32. The highest BCUT2D eigenvalue weighted by Gasteiger charge is 2.13. The maximum atomic E-state index is 13.4. The van der Waals surface area contributed by atoms with Crippen molar-refractivity contribution >= 4 is 11.7 Å². The van der Waals surface area contributed by atoms with Crippen LogP contribution in [0.5, 0.6) is 0 Å². The van der Waals surface area contributed by atoms with Crippen LogP contribution in [0, 0.1) is 5.82 Å². The van der Waals surface area contributed by atoms with E-state index in [-0.39, 0.29) is 11.3 Å². The maximum Gasteiger partial charge on any atom is 0.337 e. The predicted octanol–water partition coefficient (Wildman–Crippen LogP) is 2.36. The zero-order valence-corrected chi connectivity index (χ0v) is 9.70. The van der Waals surface area contributed by atoms with Crippen molar-refractivity contribution in [3.8, 4) is 0 Å². The monoisotopic (exact) mass is 241 g/mol. The third kappa shape index (κ3) is 4.03. The molecule has 1 aromatic rings. The summed E-state index contributed by atoms with van der Waals surface area (Å²) < 4.78 is 18.3. The molecule has 0 aliphatic rings. The average molecular weight is 241 g/mol. The molecule has 0 spiro atoms. The van der Waals surface area contributed by atoms with E-state index in [1.807, 2.05) is 0 Å². The highest BCUT2D eigenvalue weighted by atomic mass is 19.1. The molecule has 1 aromatic carbocycles. The second kappa shape index (κ2) is 6.85. The Morgan fingerprint density at radius 1 is 1.47 bits per heavy atom. The van der Waals surface area contributed by atoms with Gasteiger partial charge in [0.1, 0.15) is 5.82 Å². The van der Waals surface area contributed by atoms with Crippen LogP contribution < -0.4 is 5.32 Å². The van der Waals surface area contributed by atoms with Crippen LogP contribution in [0.3, 0.4) is 0 Å². The summed E-state index contributed by atoms with van der Waals surface area (Å²) in [6, 6.07) is 4.00. The van der Waals surface area contributed by atoms with Crippen molar-refractivity contribution < 1.29 is 19.0 Å². The van der Waals surface area contributed by atoms with Gasteiger partial charge in [-0.05, 0) is 25.0 Å². The number of hydrogen-bond acceptors (Lipinski definition) is 3. The Hall–Kier alpha value is -1.62. The van der Waals surface area contributed by atoms with Crippen LogP contribution in [-0.2, 0) is 4.74 Å². The molecule has 0 amide bonds. The number of anilines is 1. The lowest BCUT2D eigenvalue weighted by molar-refractivity contribution is 0.0697. The zero-order chi connectivity index (χ0) is 12.7. The first-order chi connectivity index (χ1) is 8.16. The number of carbonyl (C=O) groups is 1. The minimum absolute atomic E-state index is 0.0447. The smallest absolute Gasteiger partial charge is 0.337 e. The second-order valence-electron chi connectivity index (χ2n) is 3.59. The van der Waals surface area contributed by atoms with Crippen LogP contribution in [0.4, 0.5) is 10.1 Å². The maximum absolute atomic E-state index is 13.4. The van der Waals surface area contributed by atoms with Crippen LogP contribution in [0.1, 0.15) is 23.2 Å². The van der Waals surface area contributed by atoms with E-state index >= 15 is 0 Å². The molecule has 94 valence electrons.